The van der Waals surface area contributed by atoms with Gasteiger partial charge in [0, 0.05) is 18.0 Å². The van der Waals surface area contributed by atoms with Crippen molar-refractivity contribution in [2.75, 3.05) is 0 Å². The van der Waals surface area contributed by atoms with E-state index in [4.69, 9.17) is 5.11 Å². The molecule has 1 rings (SSSR count). The minimum absolute atomic E-state index is 0.0733. The van der Waals surface area contributed by atoms with Crippen LogP contribution in [0.1, 0.15) is 25.3 Å². The molecule has 0 saturated carbocycles. The van der Waals surface area contributed by atoms with E-state index in [1.54, 1.807) is 5.38 Å². The maximum atomic E-state index is 10.9. The van der Waals surface area contributed by atoms with Gasteiger partial charge in [0.05, 0.1) is 4.92 Å². The summed E-state index contributed by atoms with van der Waals surface area (Å²) in [5.74, 6) is -0.892. The molecule has 0 aliphatic heterocycles. The fourth-order valence-corrected chi connectivity index (χ4v) is 2.12. The lowest BCUT2D eigenvalue weighted by Gasteiger charge is -2.12. The van der Waals surface area contributed by atoms with Crippen molar-refractivity contribution in [3.05, 3.63) is 27.1 Å². The number of nitro groups is 1. The van der Waals surface area contributed by atoms with Gasteiger partial charge in [0.2, 0.25) is 0 Å². The van der Waals surface area contributed by atoms with E-state index in [1.165, 1.54) is 6.07 Å². The summed E-state index contributed by atoms with van der Waals surface area (Å²) in [6, 6.07) is 0.863. The monoisotopic (exact) mass is 258 g/mol. The number of hydrogen-bond donors (Lipinski definition) is 2. The molecule has 94 valence electrons. The summed E-state index contributed by atoms with van der Waals surface area (Å²) >= 11 is 1.04. The molecule has 1 aromatic rings. The number of carboxylic acid groups (broad SMARTS) is 1. The second-order valence-electron chi connectivity index (χ2n) is 3.61. The van der Waals surface area contributed by atoms with Gasteiger partial charge in [0.25, 0.3) is 0 Å². The molecule has 1 heterocycles. The molecule has 0 saturated heterocycles. The van der Waals surface area contributed by atoms with Crippen LogP contribution in [0, 0.1) is 10.1 Å². The Morgan fingerprint density at radius 2 is 2.41 bits per heavy atom. The van der Waals surface area contributed by atoms with Crippen LogP contribution in [0.3, 0.4) is 0 Å². The Hall–Kier alpha value is -1.47. The van der Waals surface area contributed by atoms with Gasteiger partial charge in [-0.15, -0.1) is 0 Å². The molecule has 0 fully saturated rings. The van der Waals surface area contributed by atoms with Gasteiger partial charge in [0.1, 0.15) is 6.04 Å². The van der Waals surface area contributed by atoms with Gasteiger partial charge in [-0.2, -0.15) is 0 Å². The second-order valence-corrected chi connectivity index (χ2v) is 4.50. The summed E-state index contributed by atoms with van der Waals surface area (Å²) in [4.78, 5) is 20.9. The smallest absolute Gasteiger partial charge is 0.324 e. The molecular formula is C10H14N2O4S. The Bertz CT molecular complexity index is 405. The van der Waals surface area contributed by atoms with Crippen LogP contribution in [0.15, 0.2) is 11.4 Å². The van der Waals surface area contributed by atoms with E-state index in [0.717, 1.165) is 23.3 Å². The summed E-state index contributed by atoms with van der Waals surface area (Å²) in [5.41, 5.74) is 0.740. The lowest BCUT2D eigenvalue weighted by atomic mass is 10.1. The van der Waals surface area contributed by atoms with E-state index < -0.39 is 16.9 Å². The molecule has 0 bridgehead atoms. The molecule has 0 radical (unpaired) electrons. The van der Waals surface area contributed by atoms with Gasteiger partial charge in [-0.25, -0.2) is 0 Å². The van der Waals surface area contributed by atoms with Crippen molar-refractivity contribution in [3.8, 4) is 0 Å². The topological polar surface area (TPSA) is 92.5 Å². The van der Waals surface area contributed by atoms with E-state index in [-0.39, 0.29) is 5.00 Å². The highest BCUT2D eigenvalue weighted by Gasteiger charge is 2.16. The van der Waals surface area contributed by atoms with Gasteiger partial charge >= 0.3 is 11.0 Å². The van der Waals surface area contributed by atoms with E-state index >= 15 is 0 Å². The van der Waals surface area contributed by atoms with Gasteiger partial charge in [-0.05, 0) is 12.0 Å². The molecular weight excluding hydrogens is 244 g/mol. The van der Waals surface area contributed by atoms with Gasteiger partial charge in [-0.1, -0.05) is 24.7 Å². The molecule has 0 aromatic carbocycles. The maximum absolute atomic E-state index is 10.9. The van der Waals surface area contributed by atoms with E-state index in [9.17, 15) is 14.9 Å². The Morgan fingerprint density at radius 1 is 1.71 bits per heavy atom. The Balaban J connectivity index is 2.53. The zero-order valence-electron chi connectivity index (χ0n) is 9.38. The molecule has 2 N–H and O–H groups in total. The fraction of sp³-hybridized carbons (Fsp3) is 0.500. The normalized spacial score (nSPS) is 12.3. The third-order valence-electron chi connectivity index (χ3n) is 2.25. The van der Waals surface area contributed by atoms with Crippen molar-refractivity contribution in [1.29, 1.82) is 0 Å². The molecule has 0 spiro atoms. The van der Waals surface area contributed by atoms with E-state index in [0.29, 0.717) is 13.0 Å². The van der Waals surface area contributed by atoms with Crippen LogP contribution in [0.2, 0.25) is 0 Å². The first-order valence-electron chi connectivity index (χ1n) is 5.22. The Labute approximate surface area is 102 Å². The summed E-state index contributed by atoms with van der Waals surface area (Å²) < 4.78 is 0. The summed E-state index contributed by atoms with van der Waals surface area (Å²) in [6.07, 6.45) is 1.31. The SMILES string of the molecule is CCCC(NCc1csc([N+](=O)[O-])c1)C(=O)O. The number of aliphatic carboxylic acids is 1. The van der Waals surface area contributed by atoms with Crippen LogP contribution in [0.5, 0.6) is 0 Å². The number of carboxylic acids is 1. The number of carbonyl (C=O) groups is 1. The van der Waals surface area contributed by atoms with Crippen molar-refractivity contribution in [1.82, 2.24) is 5.32 Å². The lowest BCUT2D eigenvalue weighted by Crippen LogP contribution is -2.35. The van der Waals surface area contributed by atoms with Crippen LogP contribution in [0.4, 0.5) is 5.00 Å². The van der Waals surface area contributed by atoms with Crippen LogP contribution < -0.4 is 5.32 Å². The first-order chi connectivity index (χ1) is 8.04. The summed E-state index contributed by atoms with van der Waals surface area (Å²) in [5, 5.41) is 24.0. The first kappa shape index (κ1) is 13.6. The maximum Gasteiger partial charge on any atom is 0.324 e. The quantitative estimate of drug-likeness (QED) is 0.576. The Kier molecular flexibility index (Phi) is 5.05. The molecule has 1 aromatic heterocycles. The van der Waals surface area contributed by atoms with E-state index in [2.05, 4.69) is 5.32 Å². The molecule has 0 aliphatic carbocycles. The summed E-state index contributed by atoms with van der Waals surface area (Å²) in [7, 11) is 0. The predicted molar refractivity (Wildman–Crippen MR) is 64.1 cm³/mol. The van der Waals surface area contributed by atoms with Crippen molar-refractivity contribution >= 4 is 22.3 Å². The van der Waals surface area contributed by atoms with Crippen LogP contribution in [-0.2, 0) is 11.3 Å². The number of thiophene rings is 1. The molecule has 1 atom stereocenters. The largest absolute Gasteiger partial charge is 0.480 e. The van der Waals surface area contributed by atoms with Crippen LogP contribution in [0.25, 0.3) is 0 Å². The standard InChI is InChI=1S/C10H14N2O4S/c1-2-3-8(10(13)14)11-5-7-4-9(12(15)16)17-6-7/h4,6,8,11H,2-3,5H2,1H3,(H,13,14). The van der Waals surface area contributed by atoms with Crippen LogP contribution >= 0.6 is 11.3 Å². The highest BCUT2D eigenvalue weighted by Crippen LogP contribution is 2.22. The molecule has 0 aliphatic rings. The molecule has 0 amide bonds. The number of rotatable bonds is 7. The van der Waals surface area contributed by atoms with Gasteiger partial charge < -0.3 is 10.4 Å². The van der Waals surface area contributed by atoms with Crippen molar-refractivity contribution in [2.24, 2.45) is 0 Å². The fourth-order valence-electron chi connectivity index (χ4n) is 1.39. The number of nitrogens with one attached hydrogen (secondary N) is 1. The minimum atomic E-state index is -0.892. The van der Waals surface area contributed by atoms with Gasteiger partial charge in [-0.3, -0.25) is 14.9 Å². The average Bonchev–Trinajstić information content (AvgIpc) is 2.72. The van der Waals surface area contributed by atoms with Crippen molar-refractivity contribution in [3.63, 3.8) is 0 Å². The number of nitrogens with zero attached hydrogens (tertiary/aromatic N) is 1. The molecule has 1 unspecified atom stereocenters. The average molecular weight is 258 g/mol. The van der Waals surface area contributed by atoms with Crippen LogP contribution in [-0.4, -0.2) is 22.0 Å². The van der Waals surface area contributed by atoms with Crippen molar-refractivity contribution in [2.45, 2.75) is 32.4 Å². The highest BCUT2D eigenvalue weighted by molar-refractivity contribution is 7.13. The lowest BCUT2D eigenvalue weighted by molar-refractivity contribution is -0.380. The molecule has 6 nitrogen and oxygen atoms in total. The zero-order chi connectivity index (χ0) is 12.8. The van der Waals surface area contributed by atoms with Gasteiger partial charge in [0.15, 0.2) is 0 Å². The Morgan fingerprint density at radius 3 is 2.88 bits per heavy atom. The number of hydrogen-bond acceptors (Lipinski definition) is 5. The zero-order valence-corrected chi connectivity index (χ0v) is 10.2. The second kappa shape index (κ2) is 6.31. The van der Waals surface area contributed by atoms with Crippen molar-refractivity contribution < 1.29 is 14.8 Å². The predicted octanol–water partition coefficient (Wildman–Crippen LogP) is 2.00. The molecule has 7 heteroatoms. The molecule has 17 heavy (non-hydrogen) atoms. The van der Waals surface area contributed by atoms with E-state index in [1.807, 2.05) is 6.92 Å². The minimum Gasteiger partial charge on any atom is -0.480 e. The first-order valence-corrected chi connectivity index (χ1v) is 6.10. The summed E-state index contributed by atoms with van der Waals surface area (Å²) in [6.45, 7) is 2.24. The third kappa shape index (κ3) is 4.12. The third-order valence-corrected chi connectivity index (χ3v) is 3.18. The highest BCUT2D eigenvalue weighted by atomic mass is 32.1.